The highest BCUT2D eigenvalue weighted by Gasteiger charge is 2.48. The van der Waals surface area contributed by atoms with E-state index >= 15 is 0 Å². The van der Waals surface area contributed by atoms with Gasteiger partial charge in [-0.25, -0.2) is 13.4 Å². The number of aryl methyl sites for hydroxylation is 2. The minimum atomic E-state index is -3.96. The maximum atomic E-state index is 12.5. The number of sulfonamides is 1. The Morgan fingerprint density at radius 1 is 1.52 bits per heavy atom. The Bertz CT molecular complexity index is 633. The predicted molar refractivity (Wildman–Crippen MR) is 76.3 cm³/mol. The lowest BCUT2D eigenvalue weighted by molar-refractivity contribution is -0.147. The van der Waals surface area contributed by atoms with Crippen molar-refractivity contribution in [1.82, 2.24) is 14.3 Å². The molecule has 0 aliphatic heterocycles. The second-order valence-electron chi connectivity index (χ2n) is 5.77. The Kier molecular flexibility index (Phi) is 4.12. The highest BCUT2D eigenvalue weighted by Crippen LogP contribution is 2.35. The summed E-state index contributed by atoms with van der Waals surface area (Å²) in [6, 6.07) is 0. The van der Waals surface area contributed by atoms with Crippen molar-refractivity contribution in [3.63, 3.8) is 0 Å². The molecule has 0 bridgehead atoms. The monoisotopic (exact) mass is 315 g/mol. The summed E-state index contributed by atoms with van der Waals surface area (Å²) in [5, 5.41) is 9.44. The van der Waals surface area contributed by atoms with Crippen LogP contribution in [-0.4, -0.2) is 34.6 Å². The van der Waals surface area contributed by atoms with Gasteiger partial charge in [0.2, 0.25) is 0 Å². The smallest absolute Gasteiger partial charge is 0.325 e. The predicted octanol–water partition coefficient (Wildman–Crippen LogP) is 1.04. The fourth-order valence-corrected chi connectivity index (χ4v) is 4.33. The second kappa shape index (κ2) is 5.42. The van der Waals surface area contributed by atoms with E-state index in [1.54, 1.807) is 25.5 Å². The first kappa shape index (κ1) is 16.0. The van der Waals surface area contributed by atoms with Gasteiger partial charge < -0.3 is 9.67 Å². The normalized spacial score (nSPS) is 26.7. The van der Waals surface area contributed by atoms with Gasteiger partial charge in [-0.05, 0) is 25.7 Å². The van der Waals surface area contributed by atoms with E-state index in [9.17, 15) is 18.3 Å². The summed E-state index contributed by atoms with van der Waals surface area (Å²) in [5.41, 5.74) is -1.44. The summed E-state index contributed by atoms with van der Waals surface area (Å²) in [6.45, 7) is 3.47. The van der Waals surface area contributed by atoms with Crippen molar-refractivity contribution < 1.29 is 18.3 Å². The number of carboxylic acids is 1. The Balaban J connectivity index is 2.38. The number of aromatic nitrogens is 2. The van der Waals surface area contributed by atoms with Gasteiger partial charge in [0.25, 0.3) is 10.0 Å². The van der Waals surface area contributed by atoms with Gasteiger partial charge in [0.05, 0.1) is 0 Å². The summed E-state index contributed by atoms with van der Waals surface area (Å²) in [7, 11) is -2.27. The van der Waals surface area contributed by atoms with Gasteiger partial charge in [0.1, 0.15) is 11.4 Å². The third-order valence-electron chi connectivity index (χ3n) is 4.36. The summed E-state index contributed by atoms with van der Waals surface area (Å²) in [5.74, 6) is -0.828. The van der Waals surface area contributed by atoms with Gasteiger partial charge in [-0.2, -0.15) is 4.72 Å². The maximum Gasteiger partial charge on any atom is 0.325 e. The number of hydrogen-bond donors (Lipinski definition) is 2. The number of carbonyl (C=O) groups is 1. The zero-order chi connectivity index (χ0) is 15.8. The molecule has 0 spiro atoms. The minimum absolute atomic E-state index is 0.138. The van der Waals surface area contributed by atoms with Crippen LogP contribution in [0.1, 0.15) is 38.4 Å². The van der Waals surface area contributed by atoms with Gasteiger partial charge in [-0.1, -0.05) is 19.8 Å². The number of hydrogen-bond acceptors (Lipinski definition) is 4. The summed E-state index contributed by atoms with van der Waals surface area (Å²) >= 11 is 0. The molecular formula is C13H21N3O4S. The lowest BCUT2D eigenvalue weighted by Gasteiger charge is -2.38. The Morgan fingerprint density at radius 2 is 2.19 bits per heavy atom. The van der Waals surface area contributed by atoms with Crippen molar-refractivity contribution in [3.8, 4) is 0 Å². The molecule has 2 N–H and O–H groups in total. The maximum absolute atomic E-state index is 12.5. The molecule has 7 nitrogen and oxygen atoms in total. The molecule has 2 unspecified atom stereocenters. The average molecular weight is 315 g/mol. The SMILES string of the molecule is Cc1nc(S(=O)(=O)NC2(C(=O)O)CCCCC2C)cn1C. The molecule has 1 aliphatic carbocycles. The number of nitrogens with zero attached hydrogens (tertiary/aromatic N) is 2. The number of aliphatic carboxylic acids is 1. The molecule has 8 heteroatoms. The first-order chi connectivity index (χ1) is 9.69. The quantitative estimate of drug-likeness (QED) is 0.864. The molecule has 1 aliphatic rings. The zero-order valence-electron chi connectivity index (χ0n) is 12.5. The number of imidazole rings is 1. The first-order valence-corrected chi connectivity index (χ1v) is 8.45. The van der Waals surface area contributed by atoms with E-state index in [4.69, 9.17) is 0 Å². The molecule has 21 heavy (non-hydrogen) atoms. The summed E-state index contributed by atoms with van der Waals surface area (Å²) in [6.07, 6.45) is 3.99. The van der Waals surface area contributed by atoms with Crippen LogP contribution in [0.2, 0.25) is 0 Å². The van der Waals surface area contributed by atoms with E-state index in [0.717, 1.165) is 6.42 Å². The fraction of sp³-hybridized carbons (Fsp3) is 0.692. The molecule has 118 valence electrons. The van der Waals surface area contributed by atoms with Crippen LogP contribution >= 0.6 is 0 Å². The molecule has 1 heterocycles. The highest BCUT2D eigenvalue weighted by molar-refractivity contribution is 7.89. The Morgan fingerprint density at radius 3 is 2.67 bits per heavy atom. The van der Waals surface area contributed by atoms with Crippen LogP contribution in [0.15, 0.2) is 11.2 Å². The molecule has 1 aromatic heterocycles. The van der Waals surface area contributed by atoms with Crippen LogP contribution in [0.25, 0.3) is 0 Å². The molecule has 1 fully saturated rings. The molecule has 2 rings (SSSR count). The van der Waals surface area contributed by atoms with E-state index in [2.05, 4.69) is 9.71 Å². The van der Waals surface area contributed by atoms with Crippen molar-refractivity contribution in [3.05, 3.63) is 12.0 Å². The molecule has 0 saturated heterocycles. The first-order valence-electron chi connectivity index (χ1n) is 6.96. The Hall–Kier alpha value is -1.41. The molecule has 1 aromatic rings. The average Bonchev–Trinajstić information content (AvgIpc) is 2.73. The number of nitrogens with one attached hydrogen (secondary N) is 1. The van der Waals surface area contributed by atoms with Gasteiger partial charge in [-0.15, -0.1) is 0 Å². The summed E-state index contributed by atoms with van der Waals surface area (Å²) < 4.78 is 28.9. The van der Waals surface area contributed by atoms with Crippen molar-refractivity contribution in [1.29, 1.82) is 0 Å². The topological polar surface area (TPSA) is 101 Å². The molecule has 2 atom stereocenters. The van der Waals surface area contributed by atoms with E-state index in [-0.39, 0.29) is 10.9 Å². The molecule has 1 saturated carbocycles. The second-order valence-corrected chi connectivity index (χ2v) is 7.40. The van der Waals surface area contributed by atoms with Crippen molar-refractivity contribution in [2.75, 3.05) is 0 Å². The third kappa shape index (κ3) is 2.82. The lowest BCUT2D eigenvalue weighted by Crippen LogP contribution is -2.59. The zero-order valence-corrected chi connectivity index (χ0v) is 13.3. The fourth-order valence-electron chi connectivity index (χ4n) is 2.81. The van der Waals surface area contributed by atoms with Gasteiger partial charge in [0.15, 0.2) is 5.03 Å². The molecule has 0 radical (unpaired) electrons. The highest BCUT2D eigenvalue weighted by atomic mass is 32.2. The third-order valence-corrected chi connectivity index (χ3v) is 5.74. The largest absolute Gasteiger partial charge is 0.480 e. The van der Waals surface area contributed by atoms with Crippen LogP contribution in [0.5, 0.6) is 0 Å². The van der Waals surface area contributed by atoms with Gasteiger partial charge >= 0.3 is 5.97 Å². The van der Waals surface area contributed by atoms with Crippen LogP contribution < -0.4 is 4.72 Å². The molecule has 0 amide bonds. The minimum Gasteiger partial charge on any atom is -0.480 e. The molecule has 0 aromatic carbocycles. The lowest BCUT2D eigenvalue weighted by atomic mass is 9.74. The Labute approximate surface area is 124 Å². The van der Waals surface area contributed by atoms with Crippen molar-refractivity contribution in [2.24, 2.45) is 13.0 Å². The van der Waals surface area contributed by atoms with Crippen LogP contribution in [0, 0.1) is 12.8 Å². The van der Waals surface area contributed by atoms with Gasteiger partial charge in [-0.3, -0.25) is 4.79 Å². The standard InChI is InChI=1S/C13H21N3O4S/c1-9-6-4-5-7-13(9,12(17)18)15-21(19,20)11-8-16(3)10(2)14-11/h8-9,15H,4-7H2,1-3H3,(H,17,18). The van der Waals surface area contributed by atoms with E-state index in [1.807, 2.05) is 0 Å². The van der Waals surface area contributed by atoms with E-state index < -0.39 is 21.5 Å². The van der Waals surface area contributed by atoms with Gasteiger partial charge in [0, 0.05) is 13.2 Å². The van der Waals surface area contributed by atoms with Crippen molar-refractivity contribution in [2.45, 2.75) is 50.1 Å². The van der Waals surface area contributed by atoms with Crippen LogP contribution in [0.4, 0.5) is 0 Å². The van der Waals surface area contributed by atoms with E-state index in [0.29, 0.717) is 25.1 Å². The number of carboxylic acid groups (broad SMARTS) is 1. The van der Waals surface area contributed by atoms with Crippen molar-refractivity contribution >= 4 is 16.0 Å². The molecular weight excluding hydrogens is 294 g/mol. The summed E-state index contributed by atoms with van der Waals surface area (Å²) in [4.78, 5) is 15.7. The van der Waals surface area contributed by atoms with Crippen LogP contribution in [-0.2, 0) is 21.9 Å². The van der Waals surface area contributed by atoms with E-state index in [1.165, 1.54) is 6.20 Å². The van der Waals surface area contributed by atoms with Crippen LogP contribution in [0.3, 0.4) is 0 Å². The number of rotatable bonds is 4.